The monoisotopic (exact) mass is 496 g/mol. The SMILES string of the molecule is CCn1c(=O)n(C2CCN(C[C@@H]3CCN(Cc4ccccc4)C3)CC2)c2ccccc21.c1ccccc1. The second-order valence-electron chi connectivity index (χ2n) is 10.4. The number of fused-ring (bicyclic) bond motifs is 1. The lowest BCUT2D eigenvalue weighted by Crippen LogP contribution is -2.40. The number of rotatable bonds is 6. The van der Waals surface area contributed by atoms with Crippen molar-refractivity contribution in [2.75, 3.05) is 32.7 Å². The van der Waals surface area contributed by atoms with E-state index in [0.717, 1.165) is 56.0 Å². The first kappa shape index (κ1) is 25.5. The molecule has 5 nitrogen and oxygen atoms in total. The van der Waals surface area contributed by atoms with Crippen LogP contribution in [0.2, 0.25) is 0 Å². The number of hydrogen-bond donors (Lipinski definition) is 0. The molecular weight excluding hydrogens is 456 g/mol. The first-order valence-corrected chi connectivity index (χ1v) is 13.9. The van der Waals surface area contributed by atoms with Crippen molar-refractivity contribution in [3.05, 3.63) is 107 Å². The van der Waals surface area contributed by atoms with Gasteiger partial charge in [-0.05, 0) is 56.3 Å². The Bertz CT molecular complexity index is 1260. The van der Waals surface area contributed by atoms with Crippen molar-refractivity contribution in [1.82, 2.24) is 18.9 Å². The average Bonchev–Trinajstić information content (AvgIpc) is 3.51. The molecule has 5 heteroatoms. The van der Waals surface area contributed by atoms with E-state index in [4.69, 9.17) is 0 Å². The fourth-order valence-electron chi connectivity index (χ4n) is 6.05. The maximum atomic E-state index is 13.1. The van der Waals surface area contributed by atoms with E-state index < -0.39 is 0 Å². The molecule has 1 aromatic heterocycles. The molecule has 194 valence electrons. The van der Waals surface area contributed by atoms with E-state index in [1.165, 1.54) is 31.6 Å². The molecule has 2 saturated heterocycles. The smallest absolute Gasteiger partial charge is 0.303 e. The van der Waals surface area contributed by atoms with Crippen LogP contribution >= 0.6 is 0 Å². The summed E-state index contributed by atoms with van der Waals surface area (Å²) >= 11 is 0. The Morgan fingerprint density at radius 3 is 1.92 bits per heavy atom. The van der Waals surface area contributed by atoms with Gasteiger partial charge in [-0.3, -0.25) is 14.0 Å². The van der Waals surface area contributed by atoms with Gasteiger partial charge < -0.3 is 4.90 Å². The van der Waals surface area contributed by atoms with Crippen LogP contribution in [-0.2, 0) is 13.1 Å². The molecule has 0 aliphatic carbocycles. The fraction of sp³-hybridized carbons (Fsp3) is 0.406. The zero-order valence-corrected chi connectivity index (χ0v) is 22.1. The van der Waals surface area contributed by atoms with Crippen LogP contribution in [0.5, 0.6) is 0 Å². The quantitative estimate of drug-likeness (QED) is 0.345. The minimum Gasteiger partial charge on any atom is -0.303 e. The van der Waals surface area contributed by atoms with Gasteiger partial charge in [0.25, 0.3) is 0 Å². The molecule has 0 amide bonds. The third-order valence-electron chi connectivity index (χ3n) is 7.91. The first-order chi connectivity index (χ1) is 18.2. The van der Waals surface area contributed by atoms with Crippen LogP contribution in [0, 0.1) is 5.92 Å². The normalized spacial score (nSPS) is 19.1. The highest BCUT2D eigenvalue weighted by molar-refractivity contribution is 5.76. The van der Waals surface area contributed by atoms with Gasteiger partial charge in [0.1, 0.15) is 0 Å². The molecule has 3 aromatic carbocycles. The predicted molar refractivity (Wildman–Crippen MR) is 153 cm³/mol. The van der Waals surface area contributed by atoms with Gasteiger partial charge in [0, 0.05) is 45.3 Å². The van der Waals surface area contributed by atoms with E-state index >= 15 is 0 Å². The molecule has 0 saturated carbocycles. The summed E-state index contributed by atoms with van der Waals surface area (Å²) in [5.41, 5.74) is 3.75. The number of benzene rings is 3. The second-order valence-corrected chi connectivity index (χ2v) is 10.4. The Morgan fingerprint density at radius 2 is 1.27 bits per heavy atom. The number of hydrogen-bond acceptors (Lipinski definition) is 3. The molecule has 2 fully saturated rings. The van der Waals surface area contributed by atoms with Gasteiger partial charge in [0.15, 0.2) is 0 Å². The molecule has 4 aromatic rings. The summed E-state index contributed by atoms with van der Waals surface area (Å²) in [6.45, 7) is 9.67. The van der Waals surface area contributed by atoms with Crippen LogP contribution in [0.25, 0.3) is 11.0 Å². The minimum absolute atomic E-state index is 0.162. The highest BCUT2D eigenvalue weighted by Crippen LogP contribution is 2.27. The molecule has 37 heavy (non-hydrogen) atoms. The molecular formula is C32H40N4O. The maximum absolute atomic E-state index is 13.1. The molecule has 2 aliphatic heterocycles. The largest absolute Gasteiger partial charge is 0.329 e. The van der Waals surface area contributed by atoms with Crippen LogP contribution < -0.4 is 5.69 Å². The Hall–Kier alpha value is -3.15. The summed E-state index contributed by atoms with van der Waals surface area (Å²) in [6.07, 6.45) is 3.44. The first-order valence-electron chi connectivity index (χ1n) is 13.9. The second kappa shape index (κ2) is 12.4. The molecule has 0 radical (unpaired) electrons. The Labute approximate surface area is 220 Å². The van der Waals surface area contributed by atoms with Gasteiger partial charge in [0.2, 0.25) is 0 Å². The van der Waals surface area contributed by atoms with Crippen LogP contribution in [0.3, 0.4) is 0 Å². The van der Waals surface area contributed by atoms with Crippen LogP contribution in [0.15, 0.2) is 95.8 Å². The van der Waals surface area contributed by atoms with E-state index in [-0.39, 0.29) is 5.69 Å². The van der Waals surface area contributed by atoms with Gasteiger partial charge in [-0.2, -0.15) is 0 Å². The van der Waals surface area contributed by atoms with Crippen molar-refractivity contribution < 1.29 is 0 Å². The van der Waals surface area contributed by atoms with Crippen molar-refractivity contribution in [2.45, 2.75) is 45.3 Å². The molecule has 2 aliphatic rings. The van der Waals surface area contributed by atoms with Gasteiger partial charge in [0.05, 0.1) is 11.0 Å². The zero-order valence-electron chi connectivity index (χ0n) is 22.1. The van der Waals surface area contributed by atoms with E-state index in [1.54, 1.807) is 0 Å². The highest BCUT2D eigenvalue weighted by atomic mass is 16.1. The van der Waals surface area contributed by atoms with Gasteiger partial charge in [-0.15, -0.1) is 0 Å². The molecule has 0 unspecified atom stereocenters. The summed E-state index contributed by atoms with van der Waals surface area (Å²) in [5.74, 6) is 0.769. The van der Waals surface area contributed by atoms with Crippen molar-refractivity contribution in [1.29, 1.82) is 0 Å². The topological polar surface area (TPSA) is 33.4 Å². The summed E-state index contributed by atoms with van der Waals surface area (Å²) in [6, 6.07) is 31.4. The molecule has 0 bridgehead atoms. The number of para-hydroxylation sites is 2. The fourth-order valence-corrected chi connectivity index (χ4v) is 6.05. The van der Waals surface area contributed by atoms with Gasteiger partial charge in [-0.1, -0.05) is 78.9 Å². The third-order valence-corrected chi connectivity index (χ3v) is 7.91. The lowest BCUT2D eigenvalue weighted by atomic mass is 10.0. The number of aryl methyl sites for hydroxylation is 1. The third kappa shape index (κ3) is 6.23. The molecule has 1 atom stereocenters. The van der Waals surface area contributed by atoms with E-state index in [9.17, 15) is 4.79 Å². The van der Waals surface area contributed by atoms with E-state index in [1.807, 2.05) is 47.0 Å². The van der Waals surface area contributed by atoms with E-state index in [2.05, 4.69) is 69.8 Å². The molecule has 0 N–H and O–H groups in total. The number of aromatic nitrogens is 2. The zero-order chi connectivity index (χ0) is 25.5. The Balaban J connectivity index is 0.000000412. The predicted octanol–water partition coefficient (Wildman–Crippen LogP) is 5.67. The van der Waals surface area contributed by atoms with Crippen LogP contribution in [0.1, 0.15) is 37.8 Å². The molecule has 6 rings (SSSR count). The Kier molecular flexibility index (Phi) is 8.54. The van der Waals surface area contributed by atoms with Crippen molar-refractivity contribution in [3.63, 3.8) is 0 Å². The lowest BCUT2D eigenvalue weighted by molar-refractivity contribution is 0.161. The number of nitrogens with zero attached hydrogens (tertiary/aromatic N) is 4. The maximum Gasteiger partial charge on any atom is 0.329 e. The minimum atomic E-state index is 0.162. The van der Waals surface area contributed by atoms with Crippen LogP contribution in [0.4, 0.5) is 0 Å². The summed E-state index contributed by atoms with van der Waals surface area (Å²) in [7, 11) is 0. The average molecular weight is 497 g/mol. The van der Waals surface area contributed by atoms with Crippen molar-refractivity contribution in [2.24, 2.45) is 5.92 Å². The van der Waals surface area contributed by atoms with Crippen molar-refractivity contribution in [3.8, 4) is 0 Å². The summed E-state index contributed by atoms with van der Waals surface area (Å²) in [5, 5.41) is 0. The number of piperidine rings is 1. The standard InChI is InChI=1S/C26H34N4O.C6H6/c1-2-29-24-10-6-7-11-25(24)30(26(29)31)23-13-16-27(17-14-23)19-22-12-15-28(20-22)18-21-8-4-3-5-9-21;1-2-4-6-5-3-1/h3-11,22-23H,2,12-20H2,1H3;1-6H/t22-;/m0./s1. The van der Waals surface area contributed by atoms with Crippen molar-refractivity contribution >= 4 is 11.0 Å². The van der Waals surface area contributed by atoms with Gasteiger partial charge in [-0.25, -0.2) is 4.79 Å². The summed E-state index contributed by atoms with van der Waals surface area (Å²) in [4.78, 5) is 18.3. The molecule has 3 heterocycles. The number of imidazole rings is 1. The molecule has 0 spiro atoms. The lowest BCUT2D eigenvalue weighted by Gasteiger charge is -2.34. The number of likely N-dealkylation sites (tertiary alicyclic amines) is 2. The summed E-state index contributed by atoms with van der Waals surface area (Å²) < 4.78 is 3.99. The van der Waals surface area contributed by atoms with Gasteiger partial charge >= 0.3 is 5.69 Å². The van der Waals surface area contributed by atoms with Crippen LogP contribution in [-0.4, -0.2) is 51.7 Å². The van der Waals surface area contributed by atoms with E-state index in [0.29, 0.717) is 6.04 Å². The highest BCUT2D eigenvalue weighted by Gasteiger charge is 2.28. The Morgan fingerprint density at radius 1 is 0.703 bits per heavy atom.